The van der Waals surface area contributed by atoms with Gasteiger partial charge in [-0.2, -0.15) is 0 Å². The van der Waals surface area contributed by atoms with Crippen LogP contribution in [0.3, 0.4) is 0 Å². The zero-order chi connectivity index (χ0) is 24.6. The fourth-order valence-corrected chi connectivity index (χ4v) is 4.89. The number of hydrogen-bond donors (Lipinski definition) is 2. The molecule has 2 fully saturated rings. The minimum absolute atomic E-state index is 0.0553. The number of carbonyl (C=O) groups is 2. The van der Waals surface area contributed by atoms with Crippen LogP contribution in [0, 0.1) is 17.6 Å². The Morgan fingerprint density at radius 3 is 2.56 bits per heavy atom. The van der Waals surface area contributed by atoms with Gasteiger partial charge < -0.3 is 15.0 Å². The average molecular weight is 514 g/mol. The lowest BCUT2D eigenvalue weighted by atomic mass is 9.90. The number of halogens is 3. The van der Waals surface area contributed by atoms with Crippen LogP contribution in [0.15, 0.2) is 41.3 Å². The molecule has 0 radical (unpaired) electrons. The summed E-state index contributed by atoms with van der Waals surface area (Å²) in [5.74, 6) is -2.92. The number of amides is 2. The van der Waals surface area contributed by atoms with Crippen molar-refractivity contribution in [1.82, 2.24) is 10.2 Å². The normalized spacial score (nSPS) is 19.5. The van der Waals surface area contributed by atoms with E-state index in [0.29, 0.717) is 12.8 Å². The van der Waals surface area contributed by atoms with Crippen LogP contribution in [0.2, 0.25) is 5.02 Å². The molecule has 0 spiro atoms. The van der Waals surface area contributed by atoms with Crippen LogP contribution in [-0.2, 0) is 19.6 Å². The summed E-state index contributed by atoms with van der Waals surface area (Å²) in [6.45, 7) is 0.780. The topological polar surface area (TPSA) is 119 Å². The van der Waals surface area contributed by atoms with Gasteiger partial charge in [-0.05, 0) is 43.2 Å². The number of ether oxygens (including phenoxy) is 1. The van der Waals surface area contributed by atoms with Gasteiger partial charge >= 0.3 is 0 Å². The van der Waals surface area contributed by atoms with Crippen molar-refractivity contribution in [2.45, 2.75) is 29.8 Å². The first-order valence-electron chi connectivity index (χ1n) is 10.5. The fourth-order valence-electron chi connectivity index (χ4n) is 4.18. The second kappa shape index (κ2) is 9.57. The zero-order valence-corrected chi connectivity index (χ0v) is 19.4. The van der Waals surface area contributed by atoms with E-state index in [9.17, 15) is 26.8 Å². The van der Waals surface area contributed by atoms with Gasteiger partial charge in [0.05, 0.1) is 29.2 Å². The molecule has 2 saturated heterocycles. The summed E-state index contributed by atoms with van der Waals surface area (Å²) >= 11 is 5.66. The molecule has 2 aromatic rings. The highest BCUT2D eigenvalue weighted by molar-refractivity contribution is 7.89. The Bertz CT molecular complexity index is 1240. The average Bonchev–Trinajstić information content (AvgIpc) is 3.23. The van der Waals surface area contributed by atoms with Gasteiger partial charge in [0.1, 0.15) is 17.7 Å². The van der Waals surface area contributed by atoms with Gasteiger partial charge in [-0.25, -0.2) is 22.3 Å². The maximum Gasteiger partial charge on any atom is 0.254 e. The van der Waals surface area contributed by atoms with E-state index in [1.807, 2.05) is 0 Å². The molecular weight excluding hydrogens is 492 g/mol. The van der Waals surface area contributed by atoms with Crippen molar-refractivity contribution in [2.24, 2.45) is 11.1 Å². The molecular formula is C22H22ClF2N3O5S. The first-order valence-corrected chi connectivity index (χ1v) is 12.4. The minimum atomic E-state index is -4.01. The second-order valence-corrected chi connectivity index (χ2v) is 10.3. The molecule has 2 heterocycles. The molecule has 4 rings (SSSR count). The Morgan fingerprint density at radius 1 is 1.18 bits per heavy atom. The molecule has 0 unspecified atom stereocenters. The van der Waals surface area contributed by atoms with Crippen LogP contribution in [0.25, 0.3) is 0 Å². The van der Waals surface area contributed by atoms with Crippen molar-refractivity contribution in [2.75, 3.05) is 19.8 Å². The van der Waals surface area contributed by atoms with Crippen molar-refractivity contribution >= 4 is 33.4 Å². The molecule has 2 aliphatic heterocycles. The molecule has 0 bridgehead atoms. The zero-order valence-electron chi connectivity index (χ0n) is 17.8. The number of nitrogens with two attached hydrogens (primary N) is 1. The lowest BCUT2D eigenvalue weighted by molar-refractivity contribution is -0.128. The van der Waals surface area contributed by atoms with E-state index in [1.54, 1.807) is 0 Å². The summed E-state index contributed by atoms with van der Waals surface area (Å²) in [5, 5.41) is 7.54. The minimum Gasteiger partial charge on any atom is -0.381 e. The lowest BCUT2D eigenvalue weighted by Gasteiger charge is -2.36. The smallest absolute Gasteiger partial charge is 0.254 e. The molecule has 2 amide bonds. The number of carbonyl (C=O) groups excluding carboxylic acids is 2. The quantitative estimate of drug-likeness (QED) is 0.575. The van der Waals surface area contributed by atoms with E-state index in [1.165, 1.54) is 23.1 Å². The lowest BCUT2D eigenvalue weighted by Crippen LogP contribution is -2.50. The highest BCUT2D eigenvalue weighted by atomic mass is 35.5. The highest BCUT2D eigenvalue weighted by Crippen LogP contribution is 2.33. The number of sulfonamides is 1. The number of nitrogens with zero attached hydrogens (tertiary/aromatic N) is 1. The Balaban J connectivity index is 1.57. The summed E-state index contributed by atoms with van der Waals surface area (Å²) in [7, 11) is -4.01. The van der Waals surface area contributed by atoms with Crippen molar-refractivity contribution in [3.05, 3.63) is 64.2 Å². The molecule has 0 aromatic heterocycles. The van der Waals surface area contributed by atoms with Crippen LogP contribution in [-0.4, -0.2) is 50.9 Å². The van der Waals surface area contributed by atoms with Crippen LogP contribution in [0.1, 0.15) is 34.8 Å². The summed E-state index contributed by atoms with van der Waals surface area (Å²) < 4.78 is 57.1. The van der Waals surface area contributed by atoms with Crippen LogP contribution < -0.4 is 10.5 Å². The van der Waals surface area contributed by atoms with Crippen molar-refractivity contribution in [1.29, 1.82) is 0 Å². The maximum atomic E-state index is 14.6. The molecule has 2 atom stereocenters. The van der Waals surface area contributed by atoms with Gasteiger partial charge in [-0.15, -0.1) is 0 Å². The Kier molecular flexibility index (Phi) is 6.90. The fraction of sp³-hybridized carbons (Fsp3) is 0.364. The first-order chi connectivity index (χ1) is 16.1. The third-order valence-corrected chi connectivity index (χ3v) is 7.23. The van der Waals surface area contributed by atoms with Gasteiger partial charge in [-0.3, -0.25) is 9.59 Å². The van der Waals surface area contributed by atoms with Crippen LogP contribution in [0.5, 0.6) is 0 Å². The van der Waals surface area contributed by atoms with E-state index in [4.69, 9.17) is 21.5 Å². The molecule has 2 aliphatic rings. The second-order valence-electron chi connectivity index (χ2n) is 8.30. The highest BCUT2D eigenvalue weighted by Gasteiger charge is 2.39. The Hall–Kier alpha value is -2.60. The van der Waals surface area contributed by atoms with E-state index >= 15 is 0 Å². The summed E-state index contributed by atoms with van der Waals surface area (Å²) in [4.78, 5) is 27.4. The van der Waals surface area contributed by atoms with E-state index in [-0.39, 0.29) is 46.7 Å². The van der Waals surface area contributed by atoms with Crippen LogP contribution in [0.4, 0.5) is 8.78 Å². The molecule has 34 heavy (non-hydrogen) atoms. The number of rotatable bonds is 6. The molecule has 2 aromatic carbocycles. The third kappa shape index (κ3) is 4.92. The summed E-state index contributed by atoms with van der Waals surface area (Å²) in [6.07, 6.45) is 0.900. The SMILES string of the molecule is NS(=O)(=O)c1cccc(C(=O)N2CCC[C@@H]2C(=O)N[C@@H](c2cc(F)c(Cl)cc2F)C2COC2)c1. The molecule has 0 aliphatic carbocycles. The van der Waals surface area contributed by atoms with Crippen molar-refractivity contribution in [3.8, 4) is 0 Å². The molecule has 8 nitrogen and oxygen atoms in total. The largest absolute Gasteiger partial charge is 0.381 e. The molecule has 12 heteroatoms. The number of hydrogen-bond acceptors (Lipinski definition) is 5. The monoisotopic (exact) mass is 513 g/mol. The van der Waals surface area contributed by atoms with E-state index in [0.717, 1.165) is 18.2 Å². The maximum absolute atomic E-state index is 14.6. The van der Waals surface area contributed by atoms with Crippen molar-refractivity contribution in [3.63, 3.8) is 0 Å². The summed E-state index contributed by atoms with van der Waals surface area (Å²) in [6, 6.07) is 5.32. The first kappa shape index (κ1) is 24.5. The third-order valence-electron chi connectivity index (χ3n) is 6.03. The van der Waals surface area contributed by atoms with Gasteiger partial charge in [0.25, 0.3) is 5.91 Å². The molecule has 182 valence electrons. The van der Waals surface area contributed by atoms with Gasteiger partial charge in [0.2, 0.25) is 15.9 Å². The number of primary sulfonamides is 1. The van der Waals surface area contributed by atoms with E-state index < -0.39 is 45.6 Å². The van der Waals surface area contributed by atoms with Gasteiger partial charge in [-0.1, -0.05) is 17.7 Å². The number of likely N-dealkylation sites (tertiary alicyclic amines) is 1. The molecule has 0 saturated carbocycles. The van der Waals surface area contributed by atoms with Gasteiger partial charge in [0, 0.05) is 23.6 Å². The number of nitrogens with one attached hydrogen (secondary N) is 1. The molecule has 3 N–H and O–H groups in total. The summed E-state index contributed by atoms with van der Waals surface area (Å²) in [5.41, 5.74) is 0.0151. The predicted octanol–water partition coefficient (Wildman–Crippen LogP) is 2.37. The standard InChI is InChI=1S/C22H22ClF2N3O5S/c23-16-9-17(24)15(8-18(16)25)20(13-10-33-11-13)27-21(29)19-5-2-6-28(19)22(30)12-3-1-4-14(7-12)34(26,31)32/h1,3-4,7-9,13,19-20H,2,5-6,10-11H2,(H,27,29)(H2,26,31,32)/t19-,20-/m1/s1. The van der Waals surface area contributed by atoms with Crippen LogP contribution >= 0.6 is 11.6 Å². The number of benzene rings is 2. The van der Waals surface area contributed by atoms with Crippen molar-refractivity contribution < 1.29 is 31.5 Å². The predicted molar refractivity (Wildman–Crippen MR) is 118 cm³/mol. The Labute approximate surface area is 200 Å². The van der Waals surface area contributed by atoms with E-state index in [2.05, 4.69) is 5.32 Å². The van der Waals surface area contributed by atoms with Gasteiger partial charge in [0.15, 0.2) is 0 Å². The Morgan fingerprint density at radius 2 is 1.91 bits per heavy atom.